The van der Waals surface area contributed by atoms with E-state index in [0.29, 0.717) is 11.4 Å². The number of aliphatic hydroxyl groups excluding tert-OH is 1. The molecule has 1 aromatic carbocycles. The lowest BCUT2D eigenvalue weighted by Gasteiger charge is -2.40. The van der Waals surface area contributed by atoms with Crippen LogP contribution in [0.15, 0.2) is 24.3 Å². The van der Waals surface area contributed by atoms with Gasteiger partial charge in [0.05, 0.1) is 6.42 Å². The van der Waals surface area contributed by atoms with Crippen LogP contribution in [0.5, 0.6) is 0 Å². The van der Waals surface area contributed by atoms with Crippen molar-refractivity contribution >= 4 is 17.5 Å². The maximum atomic E-state index is 12.3. The molecule has 0 aromatic heterocycles. The summed E-state index contributed by atoms with van der Waals surface area (Å²) in [7, 11) is 0. The molecule has 1 amide bonds. The van der Waals surface area contributed by atoms with Gasteiger partial charge in [0.15, 0.2) is 0 Å². The second kappa shape index (κ2) is 6.59. The highest BCUT2D eigenvalue weighted by Gasteiger charge is 2.33. The second-order valence-electron chi connectivity index (χ2n) is 5.66. The molecule has 0 aliphatic carbocycles. The lowest BCUT2D eigenvalue weighted by molar-refractivity contribution is -0.133. The topological polar surface area (TPSA) is 40.5 Å². The van der Waals surface area contributed by atoms with E-state index in [2.05, 4.69) is 6.92 Å². The van der Waals surface area contributed by atoms with Gasteiger partial charge >= 0.3 is 0 Å². The average molecular weight is 296 g/mol. The van der Waals surface area contributed by atoms with E-state index in [4.69, 9.17) is 11.6 Å². The van der Waals surface area contributed by atoms with E-state index in [0.717, 1.165) is 37.9 Å². The van der Waals surface area contributed by atoms with Crippen LogP contribution in [-0.4, -0.2) is 35.6 Å². The Bertz CT molecular complexity index is 461. The first-order valence-electron chi connectivity index (χ1n) is 7.22. The van der Waals surface area contributed by atoms with Crippen molar-refractivity contribution in [3.8, 4) is 0 Å². The first-order valence-corrected chi connectivity index (χ1v) is 7.60. The SMILES string of the molecule is CCC1(CO)CCN(C(=O)Cc2ccccc2Cl)CC1. The number of rotatable bonds is 4. The van der Waals surface area contributed by atoms with Gasteiger partial charge in [-0.1, -0.05) is 36.7 Å². The van der Waals surface area contributed by atoms with Gasteiger partial charge in [-0.15, -0.1) is 0 Å². The number of piperidine rings is 1. The molecule has 2 rings (SSSR count). The number of halogens is 1. The fourth-order valence-corrected chi connectivity index (χ4v) is 2.97. The Morgan fingerprint density at radius 3 is 2.55 bits per heavy atom. The summed E-state index contributed by atoms with van der Waals surface area (Å²) in [5, 5.41) is 10.2. The van der Waals surface area contributed by atoms with E-state index in [9.17, 15) is 9.90 Å². The van der Waals surface area contributed by atoms with Crippen LogP contribution >= 0.6 is 11.6 Å². The molecule has 110 valence electrons. The van der Waals surface area contributed by atoms with Crippen LogP contribution in [0.1, 0.15) is 31.7 Å². The molecule has 1 fully saturated rings. The third kappa shape index (κ3) is 3.33. The Hall–Kier alpha value is -1.06. The molecule has 1 saturated heterocycles. The van der Waals surface area contributed by atoms with E-state index < -0.39 is 0 Å². The summed E-state index contributed by atoms with van der Waals surface area (Å²) in [5.74, 6) is 0.126. The molecule has 20 heavy (non-hydrogen) atoms. The molecule has 1 N–H and O–H groups in total. The molecule has 0 saturated carbocycles. The number of aliphatic hydroxyl groups is 1. The third-order valence-electron chi connectivity index (χ3n) is 4.56. The van der Waals surface area contributed by atoms with Gasteiger partial charge in [-0.2, -0.15) is 0 Å². The maximum Gasteiger partial charge on any atom is 0.227 e. The summed E-state index contributed by atoms with van der Waals surface area (Å²) >= 11 is 6.09. The van der Waals surface area contributed by atoms with E-state index in [-0.39, 0.29) is 17.9 Å². The normalized spacial score (nSPS) is 18.1. The van der Waals surface area contributed by atoms with Crippen LogP contribution in [-0.2, 0) is 11.2 Å². The molecular formula is C16H22ClNO2. The van der Waals surface area contributed by atoms with Gasteiger partial charge in [0.25, 0.3) is 0 Å². The summed E-state index contributed by atoms with van der Waals surface area (Å²) in [6.45, 7) is 3.79. The highest BCUT2D eigenvalue weighted by Crippen LogP contribution is 2.34. The van der Waals surface area contributed by atoms with Crippen LogP contribution in [0.4, 0.5) is 0 Å². The Labute approximate surface area is 125 Å². The van der Waals surface area contributed by atoms with Gasteiger partial charge in [-0.3, -0.25) is 4.79 Å². The molecule has 1 aliphatic heterocycles. The van der Waals surface area contributed by atoms with Crippen molar-refractivity contribution in [3.63, 3.8) is 0 Å². The number of nitrogens with zero attached hydrogens (tertiary/aromatic N) is 1. The molecule has 1 aliphatic rings. The average Bonchev–Trinajstić information content (AvgIpc) is 2.49. The van der Waals surface area contributed by atoms with Crippen LogP contribution in [0.25, 0.3) is 0 Å². The van der Waals surface area contributed by atoms with Crippen molar-refractivity contribution in [3.05, 3.63) is 34.9 Å². The van der Waals surface area contributed by atoms with Crippen molar-refractivity contribution in [2.75, 3.05) is 19.7 Å². The largest absolute Gasteiger partial charge is 0.396 e. The molecular weight excluding hydrogens is 274 g/mol. The highest BCUT2D eigenvalue weighted by atomic mass is 35.5. The summed E-state index contributed by atoms with van der Waals surface area (Å²) in [5.41, 5.74) is 0.898. The minimum absolute atomic E-state index is 0.0151. The molecule has 0 bridgehead atoms. The number of hydrogen-bond acceptors (Lipinski definition) is 2. The summed E-state index contributed by atoms with van der Waals surface area (Å²) in [4.78, 5) is 14.2. The molecule has 0 unspecified atom stereocenters. The van der Waals surface area contributed by atoms with E-state index in [1.165, 1.54) is 0 Å². The zero-order valence-corrected chi connectivity index (χ0v) is 12.7. The van der Waals surface area contributed by atoms with Crippen molar-refractivity contribution in [2.45, 2.75) is 32.6 Å². The Balaban J connectivity index is 1.94. The number of benzene rings is 1. The van der Waals surface area contributed by atoms with Crippen LogP contribution in [0.3, 0.4) is 0 Å². The van der Waals surface area contributed by atoms with Crippen LogP contribution < -0.4 is 0 Å². The van der Waals surface area contributed by atoms with Gasteiger partial charge in [0.1, 0.15) is 0 Å². The van der Waals surface area contributed by atoms with Crippen LogP contribution in [0, 0.1) is 5.41 Å². The smallest absolute Gasteiger partial charge is 0.227 e. The minimum atomic E-state index is 0.0151. The fourth-order valence-electron chi connectivity index (χ4n) is 2.77. The molecule has 4 heteroatoms. The quantitative estimate of drug-likeness (QED) is 0.928. The van der Waals surface area contributed by atoms with E-state index in [1.807, 2.05) is 29.2 Å². The van der Waals surface area contributed by atoms with Gasteiger partial charge in [-0.05, 0) is 36.3 Å². The lowest BCUT2D eigenvalue weighted by atomic mass is 9.77. The van der Waals surface area contributed by atoms with E-state index in [1.54, 1.807) is 0 Å². The molecule has 0 radical (unpaired) electrons. The second-order valence-corrected chi connectivity index (χ2v) is 6.07. The highest BCUT2D eigenvalue weighted by molar-refractivity contribution is 6.31. The zero-order valence-electron chi connectivity index (χ0n) is 11.9. The monoisotopic (exact) mass is 295 g/mol. The first-order chi connectivity index (χ1) is 9.60. The standard InChI is InChI=1S/C16H22ClNO2/c1-2-16(12-19)7-9-18(10-8-16)15(20)11-13-5-3-4-6-14(13)17/h3-6,19H,2,7-12H2,1H3. The maximum absolute atomic E-state index is 12.3. The number of carbonyl (C=O) groups excluding carboxylic acids is 1. The van der Waals surface area contributed by atoms with Crippen molar-refractivity contribution < 1.29 is 9.90 Å². The first kappa shape index (κ1) is 15.3. The predicted octanol–water partition coefficient (Wildman–Crippen LogP) is 2.89. The summed E-state index contributed by atoms with van der Waals surface area (Å²) < 4.78 is 0. The fraction of sp³-hybridized carbons (Fsp3) is 0.562. The van der Waals surface area contributed by atoms with Gasteiger partial charge in [-0.25, -0.2) is 0 Å². The zero-order chi connectivity index (χ0) is 14.6. The summed E-state index contributed by atoms with van der Waals surface area (Å²) in [6, 6.07) is 7.48. The van der Waals surface area contributed by atoms with Crippen molar-refractivity contribution in [2.24, 2.45) is 5.41 Å². The van der Waals surface area contributed by atoms with Gasteiger partial charge in [0, 0.05) is 24.7 Å². The third-order valence-corrected chi connectivity index (χ3v) is 4.93. The predicted molar refractivity (Wildman–Crippen MR) is 80.8 cm³/mol. The number of likely N-dealkylation sites (tertiary alicyclic amines) is 1. The van der Waals surface area contributed by atoms with Gasteiger partial charge < -0.3 is 10.0 Å². The molecule has 0 atom stereocenters. The Morgan fingerprint density at radius 1 is 1.35 bits per heavy atom. The van der Waals surface area contributed by atoms with E-state index >= 15 is 0 Å². The number of carbonyl (C=O) groups is 1. The van der Waals surface area contributed by atoms with Crippen molar-refractivity contribution in [1.29, 1.82) is 0 Å². The molecule has 1 heterocycles. The minimum Gasteiger partial charge on any atom is -0.396 e. The Kier molecular flexibility index (Phi) is 5.06. The number of amides is 1. The molecule has 0 spiro atoms. The molecule has 3 nitrogen and oxygen atoms in total. The Morgan fingerprint density at radius 2 is 2.00 bits per heavy atom. The summed E-state index contributed by atoms with van der Waals surface area (Å²) in [6.07, 6.45) is 3.09. The van der Waals surface area contributed by atoms with Crippen LogP contribution in [0.2, 0.25) is 5.02 Å². The van der Waals surface area contributed by atoms with Crippen molar-refractivity contribution in [1.82, 2.24) is 4.90 Å². The van der Waals surface area contributed by atoms with Gasteiger partial charge in [0.2, 0.25) is 5.91 Å². The molecule has 1 aromatic rings. The number of hydrogen-bond donors (Lipinski definition) is 1. The lowest BCUT2D eigenvalue weighted by Crippen LogP contribution is -2.45.